The van der Waals surface area contributed by atoms with Crippen molar-refractivity contribution >= 4 is 41.2 Å². The molecule has 0 saturated carbocycles. The van der Waals surface area contributed by atoms with Crippen LogP contribution in [0.4, 0.5) is 10.5 Å². The van der Waals surface area contributed by atoms with E-state index in [1.807, 2.05) is 18.2 Å². The zero-order chi connectivity index (χ0) is 26.0. The van der Waals surface area contributed by atoms with Gasteiger partial charge in [0.05, 0.1) is 31.5 Å². The second-order valence-corrected chi connectivity index (χ2v) is 9.33. The number of halogens is 1. The number of fused-ring (bicyclic) bond motifs is 1. The van der Waals surface area contributed by atoms with Gasteiger partial charge in [0.1, 0.15) is 5.60 Å². The van der Waals surface area contributed by atoms with E-state index < -0.39 is 41.0 Å². The van der Waals surface area contributed by atoms with Gasteiger partial charge in [-0.1, -0.05) is 54.1 Å². The third kappa shape index (κ3) is 4.95. The SMILES string of the molecule is COC(=O)C(C(=O)OC)[C@]1(NC(=O)OC(C)(C)C)C(=O)N(Cc2ccccc2)c2c(Cl)cccc21. The molecular weight excluding hydrogens is 476 g/mol. The Morgan fingerprint density at radius 2 is 1.60 bits per heavy atom. The normalized spacial score (nSPS) is 17.1. The number of para-hydroxylation sites is 1. The Morgan fingerprint density at radius 1 is 1.00 bits per heavy atom. The number of ether oxygens (including phenoxy) is 3. The highest BCUT2D eigenvalue weighted by Gasteiger charge is 2.63. The maximum atomic E-state index is 14.2. The monoisotopic (exact) mass is 502 g/mol. The molecule has 0 bridgehead atoms. The maximum absolute atomic E-state index is 14.2. The van der Waals surface area contributed by atoms with Gasteiger partial charge in [0, 0.05) is 5.56 Å². The Morgan fingerprint density at radius 3 is 2.14 bits per heavy atom. The van der Waals surface area contributed by atoms with E-state index >= 15 is 0 Å². The maximum Gasteiger partial charge on any atom is 0.408 e. The van der Waals surface area contributed by atoms with Gasteiger partial charge >= 0.3 is 18.0 Å². The summed E-state index contributed by atoms with van der Waals surface area (Å²) in [4.78, 5) is 54.5. The van der Waals surface area contributed by atoms with Gasteiger partial charge in [-0.05, 0) is 32.4 Å². The number of nitrogens with one attached hydrogen (secondary N) is 1. The van der Waals surface area contributed by atoms with Crippen LogP contribution in [0.5, 0.6) is 0 Å². The van der Waals surface area contributed by atoms with Gasteiger partial charge in [0.15, 0.2) is 11.5 Å². The second-order valence-electron chi connectivity index (χ2n) is 8.93. The molecule has 0 aliphatic carbocycles. The van der Waals surface area contributed by atoms with Crippen molar-refractivity contribution < 1.29 is 33.4 Å². The first kappa shape index (κ1) is 26.0. The van der Waals surface area contributed by atoms with Crippen LogP contribution in [0.15, 0.2) is 48.5 Å². The van der Waals surface area contributed by atoms with Gasteiger partial charge in [0.25, 0.3) is 5.91 Å². The topological polar surface area (TPSA) is 111 Å². The summed E-state index contributed by atoms with van der Waals surface area (Å²) in [5.74, 6) is -4.80. The molecule has 0 unspecified atom stereocenters. The van der Waals surface area contributed by atoms with Crippen molar-refractivity contribution in [1.29, 1.82) is 0 Å². The molecule has 1 atom stereocenters. The number of anilines is 1. The number of alkyl carbamates (subject to hydrolysis) is 1. The van der Waals surface area contributed by atoms with E-state index in [0.29, 0.717) is 0 Å². The lowest BCUT2D eigenvalue weighted by molar-refractivity contribution is -0.165. The Bertz CT molecular complexity index is 1130. The summed E-state index contributed by atoms with van der Waals surface area (Å²) in [6.45, 7) is 4.98. The summed E-state index contributed by atoms with van der Waals surface area (Å²) in [7, 11) is 2.14. The summed E-state index contributed by atoms with van der Waals surface area (Å²) in [6.07, 6.45) is -1.02. The number of benzene rings is 2. The molecular formula is C25H27ClN2O7. The van der Waals surface area contributed by atoms with E-state index in [-0.39, 0.29) is 22.8 Å². The smallest absolute Gasteiger partial charge is 0.408 e. The fourth-order valence-electron chi connectivity index (χ4n) is 4.08. The molecule has 0 radical (unpaired) electrons. The molecule has 1 heterocycles. The van der Waals surface area contributed by atoms with E-state index in [9.17, 15) is 19.2 Å². The Balaban J connectivity index is 2.28. The first-order valence-corrected chi connectivity index (χ1v) is 11.2. The summed E-state index contributed by atoms with van der Waals surface area (Å²) in [5.41, 5.74) is -2.03. The average Bonchev–Trinajstić information content (AvgIpc) is 3.02. The lowest BCUT2D eigenvalue weighted by Crippen LogP contribution is -2.62. The molecule has 1 aliphatic heterocycles. The minimum absolute atomic E-state index is 0.0588. The van der Waals surface area contributed by atoms with Gasteiger partial charge in [-0.2, -0.15) is 0 Å². The number of hydrogen-bond donors (Lipinski definition) is 1. The molecule has 10 heteroatoms. The summed E-state index contributed by atoms with van der Waals surface area (Å²) in [6, 6.07) is 13.7. The van der Waals surface area contributed by atoms with Crippen LogP contribution < -0.4 is 10.2 Å². The number of nitrogens with zero attached hydrogens (tertiary/aromatic N) is 1. The number of hydrogen-bond acceptors (Lipinski definition) is 7. The number of rotatable bonds is 6. The predicted molar refractivity (Wildman–Crippen MR) is 128 cm³/mol. The molecule has 9 nitrogen and oxygen atoms in total. The van der Waals surface area contributed by atoms with E-state index in [0.717, 1.165) is 19.8 Å². The number of carbonyl (C=O) groups is 4. The van der Waals surface area contributed by atoms with Crippen LogP contribution in [0.1, 0.15) is 31.9 Å². The van der Waals surface area contributed by atoms with E-state index in [1.54, 1.807) is 45.0 Å². The van der Waals surface area contributed by atoms with Crippen LogP contribution in [0.3, 0.4) is 0 Å². The van der Waals surface area contributed by atoms with Crippen molar-refractivity contribution in [1.82, 2.24) is 5.32 Å². The van der Waals surface area contributed by atoms with Crippen molar-refractivity contribution in [2.24, 2.45) is 5.92 Å². The highest BCUT2D eigenvalue weighted by Crippen LogP contribution is 2.49. The number of methoxy groups -OCH3 is 2. The minimum Gasteiger partial charge on any atom is -0.468 e. The third-order valence-electron chi connectivity index (χ3n) is 5.45. The van der Waals surface area contributed by atoms with Crippen molar-refractivity contribution in [3.63, 3.8) is 0 Å². The Labute approximate surface area is 208 Å². The van der Waals surface area contributed by atoms with E-state index in [4.69, 9.17) is 25.8 Å². The standard InChI is InChI=1S/C25H27ClN2O7/c1-24(2,3)35-23(32)27-25(18(20(29)33-4)21(30)34-5)16-12-9-13-17(26)19(16)28(22(25)31)14-15-10-7-6-8-11-15/h6-13,18H,14H2,1-5H3,(H,27,32)/t25-/m0/s1. The first-order valence-electron chi connectivity index (χ1n) is 10.8. The molecule has 2 amide bonds. The quantitative estimate of drug-likeness (QED) is 0.365. The molecule has 186 valence electrons. The van der Waals surface area contributed by atoms with E-state index in [2.05, 4.69) is 5.32 Å². The van der Waals surface area contributed by atoms with E-state index in [1.165, 1.54) is 11.0 Å². The van der Waals surface area contributed by atoms with Gasteiger partial charge in [-0.25, -0.2) is 4.79 Å². The van der Waals surface area contributed by atoms with Gasteiger partial charge in [-0.3, -0.25) is 14.4 Å². The average molecular weight is 503 g/mol. The largest absolute Gasteiger partial charge is 0.468 e. The fraction of sp³-hybridized carbons (Fsp3) is 0.360. The molecule has 2 aromatic carbocycles. The molecule has 0 fully saturated rings. The first-order chi connectivity index (χ1) is 16.5. The highest BCUT2D eigenvalue weighted by molar-refractivity contribution is 6.35. The molecule has 3 rings (SSSR count). The number of amides is 2. The zero-order valence-corrected chi connectivity index (χ0v) is 20.8. The zero-order valence-electron chi connectivity index (χ0n) is 20.1. The van der Waals surface area contributed by atoms with Crippen LogP contribution in [0.25, 0.3) is 0 Å². The lowest BCUT2D eigenvalue weighted by Gasteiger charge is -2.34. The van der Waals surface area contributed by atoms with Gasteiger partial charge in [0.2, 0.25) is 0 Å². The molecule has 0 aromatic heterocycles. The molecule has 35 heavy (non-hydrogen) atoms. The molecule has 0 saturated heterocycles. The van der Waals surface area contributed by atoms with Gasteiger partial charge < -0.3 is 24.4 Å². The lowest BCUT2D eigenvalue weighted by atomic mass is 9.78. The van der Waals surface area contributed by atoms with Crippen molar-refractivity contribution in [3.8, 4) is 0 Å². The Hall–Kier alpha value is -3.59. The second kappa shape index (κ2) is 9.95. The molecule has 1 N–H and O–H groups in total. The summed E-state index contributed by atoms with van der Waals surface area (Å²) >= 11 is 6.53. The summed E-state index contributed by atoms with van der Waals surface area (Å²) < 4.78 is 15.1. The third-order valence-corrected chi connectivity index (χ3v) is 5.76. The van der Waals surface area contributed by atoms with Crippen molar-refractivity contribution in [2.45, 2.75) is 38.5 Å². The highest BCUT2D eigenvalue weighted by atomic mass is 35.5. The molecule has 2 aromatic rings. The number of esters is 2. The van der Waals surface area contributed by atoms with Crippen LogP contribution >= 0.6 is 11.6 Å². The molecule has 1 aliphatic rings. The Kier molecular flexibility index (Phi) is 7.40. The van der Waals surface area contributed by atoms with Crippen molar-refractivity contribution in [2.75, 3.05) is 19.1 Å². The summed E-state index contributed by atoms with van der Waals surface area (Å²) in [5, 5.41) is 2.70. The van der Waals surface area contributed by atoms with Gasteiger partial charge in [-0.15, -0.1) is 0 Å². The van der Waals surface area contributed by atoms with Crippen LogP contribution in [0.2, 0.25) is 5.02 Å². The van der Waals surface area contributed by atoms with Crippen LogP contribution in [0, 0.1) is 5.92 Å². The minimum atomic E-state index is -2.24. The van der Waals surface area contributed by atoms with Crippen LogP contribution in [-0.2, 0) is 40.7 Å². The predicted octanol–water partition coefficient (Wildman–Crippen LogP) is 3.57. The number of carbonyl (C=O) groups excluding carboxylic acids is 4. The molecule has 0 spiro atoms. The van der Waals surface area contributed by atoms with Crippen molar-refractivity contribution in [3.05, 3.63) is 64.7 Å². The fourth-order valence-corrected chi connectivity index (χ4v) is 4.35. The van der Waals surface area contributed by atoms with Crippen LogP contribution in [-0.4, -0.2) is 43.8 Å².